The van der Waals surface area contributed by atoms with Crippen molar-refractivity contribution in [1.29, 1.82) is 0 Å². The first-order chi connectivity index (χ1) is 13.1. The second-order valence-electron chi connectivity index (χ2n) is 6.55. The molecule has 0 saturated carbocycles. The summed E-state index contributed by atoms with van der Waals surface area (Å²) in [5.41, 5.74) is 1.13. The molecule has 8 nitrogen and oxygen atoms in total. The molecule has 1 aromatic rings. The zero-order valence-electron chi connectivity index (χ0n) is 16.0. The number of carbonyl (C=O) groups is 3. The van der Waals surface area contributed by atoms with E-state index in [-0.39, 0.29) is 6.61 Å². The molecule has 0 spiro atoms. The summed E-state index contributed by atoms with van der Waals surface area (Å²) in [6.45, 7) is 5.10. The van der Waals surface area contributed by atoms with E-state index in [1.54, 1.807) is 25.1 Å². The third kappa shape index (κ3) is 5.21. The standard InChI is InChI=1S/C19H23ClO8/c1-9-16(13-5-6-15(20)14(7-13)8-21)28-19(27-12(4)24)18(26-11(3)23)17(9)25-10(2)22/h5-7,9,16-19,21H,8H2,1-4H3/t9-,16+,17+,18-,19?/m0/s1. The minimum Gasteiger partial charge on any atom is -0.458 e. The van der Waals surface area contributed by atoms with Gasteiger partial charge in [-0.25, -0.2) is 0 Å². The minimum absolute atomic E-state index is 0.273. The summed E-state index contributed by atoms with van der Waals surface area (Å²) in [6.07, 6.45) is -4.00. The number of ether oxygens (including phenoxy) is 4. The van der Waals surface area contributed by atoms with Crippen LogP contribution in [0.15, 0.2) is 18.2 Å². The van der Waals surface area contributed by atoms with Crippen LogP contribution in [0.1, 0.15) is 44.9 Å². The number of esters is 3. The fourth-order valence-corrected chi connectivity index (χ4v) is 3.36. The highest BCUT2D eigenvalue weighted by Crippen LogP contribution is 2.40. The van der Waals surface area contributed by atoms with Crippen molar-refractivity contribution in [2.24, 2.45) is 5.92 Å². The number of hydrogen-bond donors (Lipinski definition) is 1. The maximum Gasteiger partial charge on any atom is 0.305 e. The van der Waals surface area contributed by atoms with Crippen LogP contribution >= 0.6 is 11.6 Å². The highest BCUT2D eigenvalue weighted by molar-refractivity contribution is 6.31. The van der Waals surface area contributed by atoms with Crippen molar-refractivity contribution >= 4 is 29.5 Å². The molecule has 0 amide bonds. The molecule has 1 saturated heterocycles. The monoisotopic (exact) mass is 414 g/mol. The summed E-state index contributed by atoms with van der Waals surface area (Å²) in [5, 5.41) is 9.86. The highest BCUT2D eigenvalue weighted by Gasteiger charge is 2.50. The molecule has 1 N–H and O–H groups in total. The van der Waals surface area contributed by atoms with Gasteiger partial charge >= 0.3 is 17.9 Å². The van der Waals surface area contributed by atoms with Gasteiger partial charge in [-0.15, -0.1) is 0 Å². The molecular weight excluding hydrogens is 392 g/mol. The zero-order chi connectivity index (χ0) is 21.0. The second-order valence-corrected chi connectivity index (χ2v) is 6.96. The van der Waals surface area contributed by atoms with E-state index in [0.29, 0.717) is 16.1 Å². The molecule has 0 radical (unpaired) electrons. The minimum atomic E-state index is -1.28. The lowest BCUT2D eigenvalue weighted by Gasteiger charge is -2.43. The average molecular weight is 415 g/mol. The van der Waals surface area contributed by atoms with E-state index in [1.807, 2.05) is 0 Å². The largest absolute Gasteiger partial charge is 0.458 e. The third-order valence-electron chi connectivity index (χ3n) is 4.32. The SMILES string of the molecule is CC(=O)OC1O[C@@H](c2ccc(Cl)c(CO)c2)[C@H](C)[C@@H](OC(C)=O)[C@@H]1OC(C)=O. The quantitative estimate of drug-likeness (QED) is 0.577. The van der Waals surface area contributed by atoms with Crippen LogP contribution in [-0.2, 0) is 39.9 Å². The van der Waals surface area contributed by atoms with Gasteiger partial charge in [0, 0.05) is 31.7 Å². The Balaban J connectivity index is 2.46. The second kappa shape index (κ2) is 9.36. The van der Waals surface area contributed by atoms with Crippen LogP contribution in [0.3, 0.4) is 0 Å². The number of aliphatic hydroxyl groups is 1. The normalized spacial score (nSPS) is 27.0. The number of benzene rings is 1. The molecule has 5 atom stereocenters. The summed E-state index contributed by atoms with van der Waals surface area (Å²) in [7, 11) is 0. The van der Waals surface area contributed by atoms with E-state index < -0.39 is 48.4 Å². The van der Waals surface area contributed by atoms with Crippen molar-refractivity contribution in [2.45, 2.75) is 58.9 Å². The van der Waals surface area contributed by atoms with Crippen LogP contribution in [0.2, 0.25) is 5.02 Å². The lowest BCUT2D eigenvalue weighted by Crippen LogP contribution is -2.55. The Morgan fingerprint density at radius 2 is 1.61 bits per heavy atom. The van der Waals surface area contributed by atoms with E-state index in [9.17, 15) is 19.5 Å². The van der Waals surface area contributed by atoms with Crippen LogP contribution in [0.4, 0.5) is 0 Å². The van der Waals surface area contributed by atoms with E-state index in [0.717, 1.165) is 0 Å². The molecule has 1 aromatic carbocycles. The summed E-state index contributed by atoms with van der Waals surface area (Å²) in [5.74, 6) is -2.33. The van der Waals surface area contributed by atoms with E-state index in [2.05, 4.69) is 0 Å². The lowest BCUT2D eigenvalue weighted by atomic mass is 9.86. The van der Waals surface area contributed by atoms with Crippen molar-refractivity contribution in [1.82, 2.24) is 0 Å². The maximum atomic E-state index is 11.6. The summed E-state index contributed by atoms with van der Waals surface area (Å²) >= 11 is 6.05. The van der Waals surface area contributed by atoms with Gasteiger partial charge in [0.05, 0.1) is 12.7 Å². The van der Waals surface area contributed by atoms with Gasteiger partial charge in [-0.3, -0.25) is 14.4 Å². The first-order valence-electron chi connectivity index (χ1n) is 8.70. The Labute approximate surface area is 167 Å². The van der Waals surface area contributed by atoms with Gasteiger partial charge in [-0.05, 0) is 23.3 Å². The summed E-state index contributed by atoms with van der Waals surface area (Å²) < 4.78 is 21.8. The van der Waals surface area contributed by atoms with Crippen molar-refractivity contribution < 1.29 is 38.4 Å². The lowest BCUT2D eigenvalue weighted by molar-refractivity contribution is -0.283. The predicted octanol–water partition coefficient (Wildman–Crippen LogP) is 2.29. The first-order valence-corrected chi connectivity index (χ1v) is 9.08. The number of hydrogen-bond acceptors (Lipinski definition) is 8. The molecule has 1 fully saturated rings. The molecule has 1 aliphatic heterocycles. The van der Waals surface area contributed by atoms with Gasteiger partial charge in [0.2, 0.25) is 12.4 Å². The van der Waals surface area contributed by atoms with Gasteiger partial charge in [0.25, 0.3) is 0 Å². The van der Waals surface area contributed by atoms with Gasteiger partial charge in [-0.1, -0.05) is 24.6 Å². The Morgan fingerprint density at radius 3 is 2.14 bits per heavy atom. The van der Waals surface area contributed by atoms with Gasteiger partial charge in [0.1, 0.15) is 0 Å². The van der Waals surface area contributed by atoms with Crippen LogP contribution in [0.5, 0.6) is 0 Å². The number of rotatable bonds is 5. The molecule has 2 rings (SSSR count). The van der Waals surface area contributed by atoms with E-state index in [4.69, 9.17) is 30.5 Å². The molecular formula is C19H23ClO8. The maximum absolute atomic E-state index is 11.6. The van der Waals surface area contributed by atoms with E-state index >= 15 is 0 Å². The average Bonchev–Trinajstić information content (AvgIpc) is 2.60. The predicted molar refractivity (Wildman–Crippen MR) is 97.0 cm³/mol. The number of halogens is 1. The van der Waals surface area contributed by atoms with Crippen LogP contribution in [0, 0.1) is 5.92 Å². The molecule has 1 unspecified atom stereocenters. The molecule has 154 valence electrons. The van der Waals surface area contributed by atoms with Gasteiger partial charge in [-0.2, -0.15) is 0 Å². The van der Waals surface area contributed by atoms with Crippen molar-refractivity contribution in [3.05, 3.63) is 34.3 Å². The molecule has 28 heavy (non-hydrogen) atoms. The van der Waals surface area contributed by atoms with Crippen molar-refractivity contribution in [2.75, 3.05) is 0 Å². The molecule has 0 aliphatic carbocycles. The van der Waals surface area contributed by atoms with Crippen LogP contribution in [0.25, 0.3) is 0 Å². The molecule has 1 aliphatic rings. The van der Waals surface area contributed by atoms with Crippen molar-refractivity contribution in [3.63, 3.8) is 0 Å². The fourth-order valence-electron chi connectivity index (χ4n) is 3.19. The molecule has 1 heterocycles. The Morgan fingerprint density at radius 1 is 1.04 bits per heavy atom. The van der Waals surface area contributed by atoms with Gasteiger partial charge in [0.15, 0.2) is 6.10 Å². The molecule has 9 heteroatoms. The topological polar surface area (TPSA) is 108 Å². The smallest absolute Gasteiger partial charge is 0.305 e. The first kappa shape index (κ1) is 22.1. The van der Waals surface area contributed by atoms with Crippen LogP contribution in [-0.4, -0.2) is 41.5 Å². The Bertz CT molecular complexity index is 749. The molecule has 0 bridgehead atoms. The number of carbonyl (C=O) groups excluding carboxylic acids is 3. The highest BCUT2D eigenvalue weighted by atomic mass is 35.5. The Kier molecular flexibility index (Phi) is 7.40. The number of aliphatic hydroxyl groups excluding tert-OH is 1. The summed E-state index contributed by atoms with van der Waals surface area (Å²) in [6, 6.07) is 4.97. The van der Waals surface area contributed by atoms with E-state index in [1.165, 1.54) is 20.8 Å². The summed E-state index contributed by atoms with van der Waals surface area (Å²) in [4.78, 5) is 34.7. The van der Waals surface area contributed by atoms with Crippen LogP contribution < -0.4 is 0 Å². The molecule has 0 aromatic heterocycles. The van der Waals surface area contributed by atoms with Crippen molar-refractivity contribution in [3.8, 4) is 0 Å². The fraction of sp³-hybridized carbons (Fsp3) is 0.526. The zero-order valence-corrected chi connectivity index (χ0v) is 16.8. The third-order valence-corrected chi connectivity index (χ3v) is 4.69. The van der Waals surface area contributed by atoms with Gasteiger partial charge < -0.3 is 24.1 Å². The Hall–Kier alpha value is -2.16.